The highest BCUT2D eigenvalue weighted by Crippen LogP contribution is 2.30. The topological polar surface area (TPSA) is 12.9 Å². The second-order valence-electron chi connectivity index (χ2n) is 6.06. The van der Waals surface area contributed by atoms with Crippen LogP contribution in [0.2, 0.25) is 0 Å². The molecule has 0 aliphatic rings. The Bertz CT molecular complexity index is 885. The van der Waals surface area contributed by atoms with Crippen LogP contribution in [0.4, 0.5) is 0 Å². The Kier molecular flexibility index (Phi) is 4.07. The smallest absolute Gasteiger partial charge is 0.0491 e. The Morgan fingerprint density at radius 2 is 1.21 bits per heavy atom. The highest BCUT2D eigenvalue weighted by molar-refractivity contribution is 5.84. The van der Waals surface area contributed by atoms with E-state index in [1.165, 1.54) is 21.9 Å². The van der Waals surface area contributed by atoms with Gasteiger partial charge in [0.1, 0.15) is 0 Å². The van der Waals surface area contributed by atoms with Gasteiger partial charge in [-0.1, -0.05) is 84.9 Å². The number of aromatic nitrogens is 1. The van der Waals surface area contributed by atoms with Gasteiger partial charge in [-0.3, -0.25) is 4.98 Å². The summed E-state index contributed by atoms with van der Waals surface area (Å²) in [7, 11) is 0. The summed E-state index contributed by atoms with van der Waals surface area (Å²) in [5, 5.41) is 2.50. The molecule has 0 bridgehead atoms. The molecule has 0 fully saturated rings. The van der Waals surface area contributed by atoms with E-state index in [0.717, 1.165) is 12.1 Å². The van der Waals surface area contributed by atoms with Crippen LogP contribution in [0.1, 0.15) is 22.7 Å². The molecule has 24 heavy (non-hydrogen) atoms. The summed E-state index contributed by atoms with van der Waals surface area (Å²) < 4.78 is 0. The SMILES string of the molecule is c1ccc(C(Cc2nccc3ccccc23)c2ccccc2)cc1. The summed E-state index contributed by atoms with van der Waals surface area (Å²) in [5.74, 6) is 0.311. The van der Waals surface area contributed by atoms with Gasteiger partial charge < -0.3 is 0 Å². The van der Waals surface area contributed by atoms with E-state index in [0.29, 0.717) is 5.92 Å². The van der Waals surface area contributed by atoms with Gasteiger partial charge in [-0.15, -0.1) is 0 Å². The van der Waals surface area contributed by atoms with Gasteiger partial charge in [0, 0.05) is 29.6 Å². The average molecular weight is 309 g/mol. The first kappa shape index (κ1) is 14.6. The van der Waals surface area contributed by atoms with Gasteiger partial charge >= 0.3 is 0 Å². The predicted molar refractivity (Wildman–Crippen MR) is 100 cm³/mol. The predicted octanol–water partition coefficient (Wildman–Crippen LogP) is 5.61. The third kappa shape index (κ3) is 2.93. The second kappa shape index (κ2) is 6.67. The molecule has 1 nitrogen and oxygen atoms in total. The Balaban J connectivity index is 1.80. The first-order chi connectivity index (χ1) is 11.9. The zero-order valence-electron chi connectivity index (χ0n) is 13.5. The Hall–Kier alpha value is -2.93. The molecule has 4 aromatic rings. The van der Waals surface area contributed by atoms with Crippen molar-refractivity contribution in [2.45, 2.75) is 12.3 Å². The standard InChI is InChI=1S/C23H19N/c1-3-9-18(10-4-1)22(19-11-5-2-6-12-19)17-23-21-14-8-7-13-20(21)15-16-24-23/h1-16,22H,17H2. The van der Waals surface area contributed by atoms with Crippen molar-refractivity contribution in [3.05, 3.63) is 114 Å². The zero-order valence-corrected chi connectivity index (χ0v) is 13.5. The first-order valence-electron chi connectivity index (χ1n) is 8.34. The lowest BCUT2D eigenvalue weighted by Gasteiger charge is -2.18. The maximum atomic E-state index is 4.70. The van der Waals surface area contributed by atoms with Gasteiger partial charge in [-0.25, -0.2) is 0 Å². The molecule has 3 aromatic carbocycles. The van der Waals surface area contributed by atoms with E-state index in [1.54, 1.807) is 0 Å². The van der Waals surface area contributed by atoms with Crippen molar-refractivity contribution in [2.75, 3.05) is 0 Å². The molecule has 0 radical (unpaired) electrons. The van der Waals surface area contributed by atoms with Crippen molar-refractivity contribution in [1.29, 1.82) is 0 Å². The minimum atomic E-state index is 0.311. The van der Waals surface area contributed by atoms with Crippen molar-refractivity contribution < 1.29 is 0 Å². The molecule has 0 unspecified atom stereocenters. The highest BCUT2D eigenvalue weighted by atomic mass is 14.7. The summed E-state index contributed by atoms with van der Waals surface area (Å²) in [6, 6.07) is 32.0. The Morgan fingerprint density at radius 3 is 1.88 bits per heavy atom. The number of hydrogen-bond acceptors (Lipinski definition) is 1. The quantitative estimate of drug-likeness (QED) is 0.477. The van der Waals surface area contributed by atoms with Gasteiger partial charge in [0.05, 0.1) is 0 Å². The lowest BCUT2D eigenvalue weighted by atomic mass is 9.86. The van der Waals surface area contributed by atoms with Gasteiger partial charge in [0.2, 0.25) is 0 Å². The Labute approximate surface area is 142 Å². The van der Waals surface area contributed by atoms with Crippen molar-refractivity contribution in [3.8, 4) is 0 Å². The maximum Gasteiger partial charge on any atom is 0.0491 e. The molecule has 116 valence electrons. The molecule has 0 aliphatic carbocycles. The van der Waals surface area contributed by atoms with Crippen LogP contribution in [-0.4, -0.2) is 4.98 Å². The van der Waals surface area contributed by atoms with Crippen LogP contribution < -0.4 is 0 Å². The number of nitrogens with zero attached hydrogens (tertiary/aromatic N) is 1. The van der Waals surface area contributed by atoms with Crippen molar-refractivity contribution in [1.82, 2.24) is 4.98 Å². The van der Waals surface area contributed by atoms with Crippen LogP contribution in [0.25, 0.3) is 10.8 Å². The summed E-state index contributed by atoms with van der Waals surface area (Å²) in [6.45, 7) is 0. The average Bonchev–Trinajstić information content (AvgIpc) is 2.67. The van der Waals surface area contributed by atoms with E-state index in [-0.39, 0.29) is 0 Å². The van der Waals surface area contributed by atoms with Gasteiger partial charge in [-0.05, 0) is 22.6 Å². The Morgan fingerprint density at radius 1 is 0.625 bits per heavy atom. The molecular weight excluding hydrogens is 290 g/mol. The molecule has 1 heteroatoms. The summed E-state index contributed by atoms with van der Waals surface area (Å²) >= 11 is 0. The fourth-order valence-electron chi connectivity index (χ4n) is 3.34. The van der Waals surface area contributed by atoms with Crippen LogP contribution in [0, 0.1) is 0 Å². The maximum absolute atomic E-state index is 4.70. The third-order valence-corrected chi connectivity index (χ3v) is 4.56. The van der Waals surface area contributed by atoms with Crippen LogP contribution in [0.5, 0.6) is 0 Å². The van der Waals surface area contributed by atoms with Gasteiger partial charge in [0.25, 0.3) is 0 Å². The molecule has 0 saturated carbocycles. The fraction of sp³-hybridized carbons (Fsp3) is 0.0870. The second-order valence-corrected chi connectivity index (χ2v) is 6.06. The zero-order chi connectivity index (χ0) is 16.2. The molecule has 0 N–H and O–H groups in total. The van der Waals surface area contributed by atoms with E-state index in [4.69, 9.17) is 4.98 Å². The van der Waals surface area contributed by atoms with Crippen molar-refractivity contribution in [3.63, 3.8) is 0 Å². The van der Waals surface area contributed by atoms with Crippen LogP contribution in [0.15, 0.2) is 97.2 Å². The van der Waals surface area contributed by atoms with E-state index in [1.807, 2.05) is 6.20 Å². The largest absolute Gasteiger partial charge is 0.261 e. The van der Waals surface area contributed by atoms with Crippen LogP contribution in [0.3, 0.4) is 0 Å². The molecule has 4 rings (SSSR count). The minimum Gasteiger partial charge on any atom is -0.261 e. The molecular formula is C23H19N. The summed E-state index contributed by atoms with van der Waals surface area (Å²) in [6.07, 6.45) is 2.82. The molecule has 1 heterocycles. The number of rotatable bonds is 4. The first-order valence-corrected chi connectivity index (χ1v) is 8.34. The number of hydrogen-bond donors (Lipinski definition) is 0. The van der Waals surface area contributed by atoms with Crippen molar-refractivity contribution >= 4 is 10.8 Å². The molecule has 0 aliphatic heterocycles. The summed E-state index contributed by atoms with van der Waals surface area (Å²) in [5.41, 5.74) is 3.82. The molecule has 0 spiro atoms. The fourth-order valence-corrected chi connectivity index (χ4v) is 3.34. The van der Waals surface area contributed by atoms with Gasteiger partial charge in [-0.2, -0.15) is 0 Å². The third-order valence-electron chi connectivity index (χ3n) is 4.56. The molecule has 1 aromatic heterocycles. The van der Waals surface area contributed by atoms with E-state index in [2.05, 4.69) is 91.0 Å². The number of fused-ring (bicyclic) bond motifs is 1. The van der Waals surface area contributed by atoms with E-state index in [9.17, 15) is 0 Å². The lowest BCUT2D eigenvalue weighted by Crippen LogP contribution is -2.06. The number of pyridine rings is 1. The minimum absolute atomic E-state index is 0.311. The highest BCUT2D eigenvalue weighted by Gasteiger charge is 2.16. The van der Waals surface area contributed by atoms with E-state index < -0.39 is 0 Å². The molecule has 0 saturated heterocycles. The van der Waals surface area contributed by atoms with Crippen LogP contribution >= 0.6 is 0 Å². The summed E-state index contributed by atoms with van der Waals surface area (Å²) in [4.78, 5) is 4.70. The molecule has 0 amide bonds. The normalized spacial score (nSPS) is 11.0. The lowest BCUT2D eigenvalue weighted by molar-refractivity contribution is 0.789. The number of benzene rings is 3. The molecule has 0 atom stereocenters. The van der Waals surface area contributed by atoms with Crippen LogP contribution in [-0.2, 0) is 6.42 Å². The van der Waals surface area contributed by atoms with Gasteiger partial charge in [0.15, 0.2) is 0 Å². The van der Waals surface area contributed by atoms with Crippen molar-refractivity contribution in [2.24, 2.45) is 0 Å². The van der Waals surface area contributed by atoms with E-state index >= 15 is 0 Å². The monoisotopic (exact) mass is 309 g/mol.